The van der Waals surface area contributed by atoms with Crippen LogP contribution in [0.4, 0.5) is 5.69 Å². The number of amides is 2. The number of carbonyl (C=O) groups is 2. The summed E-state index contributed by atoms with van der Waals surface area (Å²) in [6.07, 6.45) is 0.767. The van der Waals surface area contributed by atoms with Crippen LogP contribution in [0.5, 0.6) is 0 Å². The molecule has 0 aliphatic rings. The minimum Gasteiger partial charge on any atom is -0.352 e. The Morgan fingerprint density at radius 3 is 2.31 bits per heavy atom. The summed E-state index contributed by atoms with van der Waals surface area (Å²) in [7, 11) is 0. The Balaban J connectivity index is 1.92. The zero-order valence-corrected chi connectivity index (χ0v) is 16.4. The summed E-state index contributed by atoms with van der Waals surface area (Å²) in [4.78, 5) is 24.7. The van der Waals surface area contributed by atoms with Crippen molar-refractivity contribution in [2.45, 2.75) is 31.9 Å². The van der Waals surface area contributed by atoms with Crippen molar-refractivity contribution in [3.05, 3.63) is 65.7 Å². The van der Waals surface area contributed by atoms with E-state index in [2.05, 4.69) is 31.4 Å². The quantitative estimate of drug-likeness (QED) is 0.770. The molecule has 0 aliphatic carbocycles. The minimum absolute atomic E-state index is 0.0195. The van der Waals surface area contributed by atoms with Crippen LogP contribution in [0, 0.1) is 0 Å². The highest BCUT2D eigenvalue weighted by Gasteiger charge is 2.16. The molecule has 4 nitrogen and oxygen atoms in total. The molecular weight excluding hydrogens is 344 g/mol. The lowest BCUT2D eigenvalue weighted by Gasteiger charge is -2.17. The average molecular weight is 371 g/mol. The third kappa shape index (κ3) is 6.92. The van der Waals surface area contributed by atoms with Crippen LogP contribution in [0.1, 0.15) is 36.7 Å². The summed E-state index contributed by atoms with van der Waals surface area (Å²) in [6.45, 7) is 6.75. The molecule has 0 saturated heterocycles. The molecular formula is C21H26N2O2S. The number of hydrogen-bond donors (Lipinski definition) is 2. The number of anilines is 1. The Morgan fingerprint density at radius 2 is 1.62 bits per heavy atom. The number of carbonyl (C=O) groups excluding carboxylic acids is 2. The molecule has 2 amide bonds. The van der Waals surface area contributed by atoms with Gasteiger partial charge in [-0.15, -0.1) is 11.8 Å². The fourth-order valence-corrected chi connectivity index (χ4v) is 2.96. The standard InChI is InChI=1S/C21H26N2O2S/c1-21(2,3)26-15-19(24)23-18-12-8-7-11-17(18)20(25)22-14-13-16-9-5-4-6-10-16/h4-12H,13-15H2,1-3H3,(H,22,25)(H,23,24). The molecule has 2 aromatic carbocycles. The number of benzene rings is 2. The van der Waals surface area contributed by atoms with Gasteiger partial charge in [-0.25, -0.2) is 0 Å². The van der Waals surface area contributed by atoms with Crippen molar-refractivity contribution in [1.29, 1.82) is 0 Å². The van der Waals surface area contributed by atoms with E-state index in [1.165, 1.54) is 5.56 Å². The third-order valence-corrected chi connectivity index (χ3v) is 4.90. The van der Waals surface area contributed by atoms with Crippen molar-refractivity contribution in [3.8, 4) is 0 Å². The molecule has 26 heavy (non-hydrogen) atoms. The highest BCUT2D eigenvalue weighted by atomic mass is 32.2. The lowest BCUT2D eigenvalue weighted by molar-refractivity contribution is -0.113. The highest BCUT2D eigenvalue weighted by molar-refractivity contribution is 8.01. The van der Waals surface area contributed by atoms with Gasteiger partial charge in [0.15, 0.2) is 0 Å². The molecule has 5 heteroatoms. The second-order valence-electron chi connectivity index (χ2n) is 6.99. The lowest BCUT2D eigenvalue weighted by Crippen LogP contribution is -2.27. The highest BCUT2D eigenvalue weighted by Crippen LogP contribution is 2.23. The van der Waals surface area contributed by atoms with Gasteiger partial charge in [0.1, 0.15) is 0 Å². The number of rotatable bonds is 7. The summed E-state index contributed by atoms with van der Waals surface area (Å²) in [5.41, 5.74) is 2.20. The fraction of sp³-hybridized carbons (Fsp3) is 0.333. The normalized spacial score (nSPS) is 11.0. The van der Waals surface area contributed by atoms with Crippen LogP contribution in [-0.2, 0) is 11.2 Å². The van der Waals surface area contributed by atoms with E-state index in [-0.39, 0.29) is 16.6 Å². The van der Waals surface area contributed by atoms with Gasteiger partial charge in [-0.3, -0.25) is 9.59 Å². The van der Waals surface area contributed by atoms with Gasteiger partial charge in [0.05, 0.1) is 17.0 Å². The lowest BCUT2D eigenvalue weighted by atomic mass is 10.1. The predicted octanol–water partition coefficient (Wildman–Crippen LogP) is 4.13. The molecule has 0 heterocycles. The van der Waals surface area contributed by atoms with Gasteiger partial charge >= 0.3 is 0 Å². The van der Waals surface area contributed by atoms with E-state index in [9.17, 15) is 9.59 Å². The van der Waals surface area contributed by atoms with Gasteiger partial charge < -0.3 is 10.6 Å². The first-order valence-corrected chi connectivity index (χ1v) is 9.69. The molecule has 138 valence electrons. The molecule has 0 atom stereocenters. The zero-order valence-electron chi connectivity index (χ0n) is 15.5. The molecule has 0 radical (unpaired) electrons. The summed E-state index contributed by atoms with van der Waals surface area (Å²) < 4.78 is 0.0195. The third-order valence-electron chi connectivity index (χ3n) is 3.62. The van der Waals surface area contributed by atoms with Gasteiger partial charge in [-0.1, -0.05) is 63.2 Å². The van der Waals surface area contributed by atoms with Crippen LogP contribution in [0.15, 0.2) is 54.6 Å². The Bertz CT molecular complexity index is 739. The van der Waals surface area contributed by atoms with Gasteiger partial charge in [-0.05, 0) is 24.1 Å². The maximum Gasteiger partial charge on any atom is 0.253 e. The average Bonchev–Trinajstić information content (AvgIpc) is 2.61. The molecule has 2 rings (SSSR count). The maximum absolute atomic E-state index is 12.5. The molecule has 0 saturated carbocycles. The van der Waals surface area contributed by atoms with Gasteiger partial charge in [0.2, 0.25) is 5.91 Å². The van der Waals surface area contributed by atoms with Crippen LogP contribution < -0.4 is 10.6 Å². The predicted molar refractivity (Wildman–Crippen MR) is 110 cm³/mol. The van der Waals surface area contributed by atoms with E-state index in [1.54, 1.807) is 30.0 Å². The first-order valence-electron chi connectivity index (χ1n) is 8.70. The van der Waals surface area contributed by atoms with Crippen LogP contribution in [0.2, 0.25) is 0 Å². The monoisotopic (exact) mass is 370 g/mol. The molecule has 0 spiro atoms. The fourth-order valence-electron chi connectivity index (χ4n) is 2.32. The van der Waals surface area contributed by atoms with Crippen molar-refractivity contribution in [3.63, 3.8) is 0 Å². The van der Waals surface area contributed by atoms with Gasteiger partial charge in [-0.2, -0.15) is 0 Å². The Kier molecular flexibility index (Phi) is 7.27. The molecule has 0 aliphatic heterocycles. The molecule has 0 fully saturated rings. The van der Waals surface area contributed by atoms with Crippen molar-refractivity contribution in [1.82, 2.24) is 5.32 Å². The largest absolute Gasteiger partial charge is 0.352 e. The summed E-state index contributed by atoms with van der Waals surface area (Å²) in [5.74, 6) is 0.0720. The number of nitrogens with one attached hydrogen (secondary N) is 2. The molecule has 2 aromatic rings. The van der Waals surface area contributed by atoms with Crippen LogP contribution >= 0.6 is 11.8 Å². The van der Waals surface area contributed by atoms with Crippen molar-refractivity contribution in [2.75, 3.05) is 17.6 Å². The first-order chi connectivity index (χ1) is 12.3. The zero-order chi connectivity index (χ0) is 19.0. The van der Waals surface area contributed by atoms with Gasteiger partial charge in [0.25, 0.3) is 5.91 Å². The van der Waals surface area contributed by atoms with Crippen molar-refractivity contribution < 1.29 is 9.59 Å². The van der Waals surface area contributed by atoms with Crippen LogP contribution in [0.3, 0.4) is 0 Å². The van der Waals surface area contributed by atoms with E-state index in [1.807, 2.05) is 36.4 Å². The number of thioether (sulfide) groups is 1. The van der Waals surface area contributed by atoms with E-state index in [0.717, 1.165) is 6.42 Å². The van der Waals surface area contributed by atoms with Gasteiger partial charge in [0, 0.05) is 11.3 Å². The first kappa shape index (κ1) is 20.0. The van der Waals surface area contributed by atoms with Crippen LogP contribution in [-0.4, -0.2) is 28.9 Å². The van der Waals surface area contributed by atoms with Crippen molar-refractivity contribution >= 4 is 29.3 Å². The Labute approximate surface area is 159 Å². The molecule has 0 bridgehead atoms. The Morgan fingerprint density at radius 1 is 0.962 bits per heavy atom. The summed E-state index contributed by atoms with van der Waals surface area (Å²) in [5, 5.41) is 5.77. The smallest absolute Gasteiger partial charge is 0.253 e. The second-order valence-corrected chi connectivity index (χ2v) is 8.79. The molecule has 0 aromatic heterocycles. The van der Waals surface area contributed by atoms with Crippen molar-refractivity contribution in [2.24, 2.45) is 0 Å². The van der Waals surface area contributed by atoms with E-state index in [4.69, 9.17) is 0 Å². The van der Waals surface area contributed by atoms with E-state index < -0.39 is 0 Å². The molecule has 2 N–H and O–H groups in total. The number of hydrogen-bond acceptors (Lipinski definition) is 3. The van der Waals surface area contributed by atoms with E-state index in [0.29, 0.717) is 23.5 Å². The maximum atomic E-state index is 12.5. The second kappa shape index (κ2) is 9.43. The summed E-state index contributed by atoms with van der Waals surface area (Å²) in [6, 6.07) is 17.1. The molecule has 0 unspecified atom stereocenters. The van der Waals surface area contributed by atoms with Crippen LogP contribution in [0.25, 0.3) is 0 Å². The SMILES string of the molecule is CC(C)(C)SCC(=O)Nc1ccccc1C(=O)NCCc1ccccc1. The topological polar surface area (TPSA) is 58.2 Å². The minimum atomic E-state index is -0.180. The summed E-state index contributed by atoms with van der Waals surface area (Å²) >= 11 is 1.57. The van der Waals surface area contributed by atoms with E-state index >= 15 is 0 Å². The number of para-hydroxylation sites is 1. The Hall–Kier alpha value is -2.27.